The Labute approximate surface area is 107 Å². The second-order valence-electron chi connectivity index (χ2n) is 4.80. The molecule has 2 aromatic rings. The summed E-state index contributed by atoms with van der Waals surface area (Å²) in [6.07, 6.45) is 4.85. The monoisotopic (exact) mass is 245 g/mol. The van der Waals surface area contributed by atoms with Crippen LogP contribution in [0.4, 0.5) is 0 Å². The Morgan fingerprint density at radius 3 is 2.78 bits per heavy atom. The second-order valence-corrected chi connectivity index (χ2v) is 4.80. The predicted molar refractivity (Wildman–Crippen MR) is 70.1 cm³/mol. The van der Waals surface area contributed by atoms with Crippen molar-refractivity contribution in [2.45, 2.75) is 32.3 Å². The number of pyridine rings is 1. The molecule has 2 rings (SSSR count). The highest BCUT2D eigenvalue weighted by Gasteiger charge is 2.25. The molecule has 18 heavy (non-hydrogen) atoms. The predicted octanol–water partition coefficient (Wildman–Crippen LogP) is 1.83. The van der Waals surface area contributed by atoms with Gasteiger partial charge in [0.25, 0.3) is 0 Å². The number of hydrogen-bond acceptors (Lipinski definition) is 3. The first-order chi connectivity index (χ1) is 8.53. The molecule has 96 valence electrons. The molecule has 0 radical (unpaired) electrons. The first-order valence-electron chi connectivity index (χ1n) is 6.17. The fourth-order valence-electron chi connectivity index (χ4n) is 2.05. The summed E-state index contributed by atoms with van der Waals surface area (Å²) in [6.45, 7) is 3.88. The van der Waals surface area contributed by atoms with Gasteiger partial charge in [-0.1, -0.05) is 13.0 Å². The van der Waals surface area contributed by atoms with Crippen molar-refractivity contribution >= 4 is 0 Å². The Morgan fingerprint density at radius 1 is 1.44 bits per heavy atom. The maximum atomic E-state index is 10.6. The summed E-state index contributed by atoms with van der Waals surface area (Å²) < 4.78 is 1.84. The zero-order chi connectivity index (χ0) is 13.2. The fourth-order valence-corrected chi connectivity index (χ4v) is 2.05. The summed E-state index contributed by atoms with van der Waals surface area (Å²) >= 11 is 0. The van der Waals surface area contributed by atoms with Crippen molar-refractivity contribution in [3.63, 3.8) is 0 Å². The van der Waals surface area contributed by atoms with Gasteiger partial charge in [0, 0.05) is 37.1 Å². The van der Waals surface area contributed by atoms with Crippen molar-refractivity contribution in [3.05, 3.63) is 47.5 Å². The normalized spacial score (nSPS) is 14.4. The molecule has 2 aromatic heterocycles. The molecule has 1 unspecified atom stereocenters. The summed E-state index contributed by atoms with van der Waals surface area (Å²) in [5.41, 5.74) is 1.98. The summed E-state index contributed by atoms with van der Waals surface area (Å²) in [4.78, 5) is 4.05. The lowest BCUT2D eigenvalue weighted by Gasteiger charge is -2.23. The van der Waals surface area contributed by atoms with Crippen LogP contribution in [-0.4, -0.2) is 19.9 Å². The van der Waals surface area contributed by atoms with Crippen LogP contribution in [0.2, 0.25) is 0 Å². The number of aliphatic hydroxyl groups is 1. The third-order valence-corrected chi connectivity index (χ3v) is 3.20. The van der Waals surface area contributed by atoms with Crippen LogP contribution in [0.25, 0.3) is 0 Å². The Bertz CT molecular complexity index is 517. The van der Waals surface area contributed by atoms with Gasteiger partial charge in [0.05, 0.1) is 11.3 Å². The van der Waals surface area contributed by atoms with Gasteiger partial charge in [0.1, 0.15) is 0 Å². The molecule has 0 saturated carbocycles. The average Bonchev–Trinajstić information content (AvgIpc) is 2.71. The van der Waals surface area contributed by atoms with Gasteiger partial charge < -0.3 is 5.11 Å². The van der Waals surface area contributed by atoms with Gasteiger partial charge in [-0.3, -0.25) is 9.67 Å². The summed E-state index contributed by atoms with van der Waals surface area (Å²) in [7, 11) is 1.91. The SMILES string of the molecule is CCc1cc(CC(C)(O)c2cccnc2)n(C)n1. The quantitative estimate of drug-likeness (QED) is 0.894. The van der Waals surface area contributed by atoms with Gasteiger partial charge >= 0.3 is 0 Å². The Morgan fingerprint density at radius 2 is 2.22 bits per heavy atom. The van der Waals surface area contributed by atoms with Gasteiger partial charge in [-0.2, -0.15) is 5.10 Å². The Hall–Kier alpha value is -1.68. The van der Waals surface area contributed by atoms with Crippen molar-refractivity contribution in [2.75, 3.05) is 0 Å². The van der Waals surface area contributed by atoms with Crippen LogP contribution >= 0.6 is 0 Å². The van der Waals surface area contributed by atoms with Crippen LogP contribution in [0.15, 0.2) is 30.6 Å². The number of nitrogens with zero attached hydrogens (tertiary/aromatic N) is 3. The van der Waals surface area contributed by atoms with E-state index >= 15 is 0 Å². The van der Waals surface area contributed by atoms with Crippen LogP contribution in [-0.2, 0) is 25.5 Å². The molecule has 0 bridgehead atoms. The molecule has 4 heteroatoms. The second kappa shape index (κ2) is 4.90. The van der Waals surface area contributed by atoms with Gasteiger partial charge in [0.15, 0.2) is 0 Å². The number of aromatic nitrogens is 3. The van der Waals surface area contributed by atoms with E-state index in [0.29, 0.717) is 6.42 Å². The largest absolute Gasteiger partial charge is 0.385 e. The van der Waals surface area contributed by atoms with E-state index in [1.54, 1.807) is 12.4 Å². The summed E-state index contributed by atoms with van der Waals surface area (Å²) in [5.74, 6) is 0. The molecule has 0 aliphatic heterocycles. The molecule has 0 saturated heterocycles. The van der Waals surface area contributed by atoms with Gasteiger partial charge in [-0.25, -0.2) is 0 Å². The molecule has 2 heterocycles. The summed E-state index contributed by atoms with van der Waals surface area (Å²) in [5, 5.41) is 15.0. The molecule has 0 spiro atoms. The molecule has 0 aliphatic rings. The van der Waals surface area contributed by atoms with Crippen molar-refractivity contribution in [1.29, 1.82) is 0 Å². The van der Waals surface area contributed by atoms with E-state index in [1.165, 1.54) is 0 Å². The van der Waals surface area contributed by atoms with Crippen LogP contribution in [0, 0.1) is 0 Å². The van der Waals surface area contributed by atoms with Crippen molar-refractivity contribution in [2.24, 2.45) is 7.05 Å². The highest BCUT2D eigenvalue weighted by atomic mass is 16.3. The zero-order valence-corrected chi connectivity index (χ0v) is 11.1. The van der Waals surface area contributed by atoms with E-state index in [1.807, 2.05) is 36.9 Å². The summed E-state index contributed by atoms with van der Waals surface area (Å²) in [6, 6.07) is 5.78. The van der Waals surface area contributed by atoms with E-state index < -0.39 is 5.60 Å². The fraction of sp³-hybridized carbons (Fsp3) is 0.429. The van der Waals surface area contributed by atoms with E-state index in [9.17, 15) is 5.11 Å². The van der Waals surface area contributed by atoms with Gasteiger partial charge in [-0.05, 0) is 25.5 Å². The molecule has 0 aromatic carbocycles. The third kappa shape index (κ3) is 2.59. The molecule has 1 N–H and O–H groups in total. The first-order valence-corrected chi connectivity index (χ1v) is 6.17. The van der Waals surface area contributed by atoms with Crippen molar-refractivity contribution in [1.82, 2.24) is 14.8 Å². The highest BCUT2D eigenvalue weighted by Crippen LogP contribution is 2.24. The molecule has 0 aliphatic carbocycles. The van der Waals surface area contributed by atoms with Crippen LogP contribution < -0.4 is 0 Å². The maximum Gasteiger partial charge on any atom is 0.0938 e. The smallest absolute Gasteiger partial charge is 0.0938 e. The standard InChI is InChI=1S/C14H19N3O/c1-4-12-8-13(17(3)16-12)9-14(2,18)11-6-5-7-15-10-11/h5-8,10,18H,4,9H2,1-3H3. The first kappa shape index (κ1) is 12.8. The molecule has 0 fully saturated rings. The van der Waals surface area contributed by atoms with E-state index in [4.69, 9.17) is 0 Å². The lowest BCUT2D eigenvalue weighted by molar-refractivity contribution is 0.0552. The average molecular weight is 245 g/mol. The van der Waals surface area contributed by atoms with Crippen LogP contribution in [0.3, 0.4) is 0 Å². The van der Waals surface area contributed by atoms with Gasteiger partial charge in [0.2, 0.25) is 0 Å². The molecular weight excluding hydrogens is 226 g/mol. The van der Waals surface area contributed by atoms with Gasteiger partial charge in [-0.15, -0.1) is 0 Å². The minimum absolute atomic E-state index is 0.530. The number of rotatable bonds is 4. The molecular formula is C14H19N3O. The molecule has 4 nitrogen and oxygen atoms in total. The number of hydrogen-bond donors (Lipinski definition) is 1. The van der Waals surface area contributed by atoms with Crippen molar-refractivity contribution in [3.8, 4) is 0 Å². The molecule has 0 amide bonds. The van der Waals surface area contributed by atoms with E-state index in [0.717, 1.165) is 23.4 Å². The number of aryl methyl sites for hydroxylation is 2. The minimum Gasteiger partial charge on any atom is -0.385 e. The Kier molecular flexibility index (Phi) is 3.48. The zero-order valence-electron chi connectivity index (χ0n) is 11.1. The topological polar surface area (TPSA) is 50.9 Å². The third-order valence-electron chi connectivity index (χ3n) is 3.20. The lowest BCUT2D eigenvalue weighted by atomic mass is 9.92. The van der Waals surface area contributed by atoms with E-state index in [2.05, 4.69) is 17.0 Å². The Balaban J connectivity index is 2.24. The minimum atomic E-state index is -0.924. The highest BCUT2D eigenvalue weighted by molar-refractivity contribution is 5.21. The van der Waals surface area contributed by atoms with Crippen molar-refractivity contribution < 1.29 is 5.11 Å². The van der Waals surface area contributed by atoms with Crippen LogP contribution in [0.5, 0.6) is 0 Å². The molecule has 1 atom stereocenters. The lowest BCUT2D eigenvalue weighted by Crippen LogP contribution is -2.25. The van der Waals surface area contributed by atoms with Crippen LogP contribution in [0.1, 0.15) is 30.8 Å². The van der Waals surface area contributed by atoms with E-state index in [-0.39, 0.29) is 0 Å². The maximum absolute atomic E-state index is 10.6.